The molecule has 0 spiro atoms. The quantitative estimate of drug-likeness (QED) is 0.352. The van der Waals surface area contributed by atoms with Crippen molar-refractivity contribution in [2.75, 3.05) is 4.90 Å². The van der Waals surface area contributed by atoms with Crippen LogP contribution in [0.5, 0.6) is 0 Å². The molecule has 8 heteroatoms. The zero-order valence-corrected chi connectivity index (χ0v) is 19.5. The van der Waals surface area contributed by atoms with Crippen LogP contribution in [0.1, 0.15) is 27.0 Å². The van der Waals surface area contributed by atoms with Crippen molar-refractivity contribution in [3.63, 3.8) is 0 Å². The molecule has 0 saturated carbocycles. The van der Waals surface area contributed by atoms with Gasteiger partial charge in [0, 0.05) is 28.7 Å². The summed E-state index contributed by atoms with van der Waals surface area (Å²) in [7, 11) is 0. The highest BCUT2D eigenvalue weighted by Gasteiger charge is 2.45. The van der Waals surface area contributed by atoms with Gasteiger partial charge in [-0.05, 0) is 42.8 Å². The normalized spacial score (nSPS) is 15.8. The Kier molecular flexibility index (Phi) is 5.73. The number of pyridine rings is 1. The number of aryl methyl sites for hydroxylation is 1. The van der Waals surface area contributed by atoms with Gasteiger partial charge < -0.3 is 5.11 Å². The number of hydrogen-bond acceptors (Lipinski definition) is 6. The standard InChI is InChI=1S/C26H18ClN3O3S/c1-15-24(34-25(29-15)17-6-3-2-4-7-17)22(31)20-21(16-10-12-28-13-11-16)30(26(33)23(20)32)19-9-5-8-18(27)14-19/h2-14,21,32H,1H3. The first-order valence-electron chi connectivity index (χ1n) is 10.5. The molecule has 1 atom stereocenters. The zero-order valence-electron chi connectivity index (χ0n) is 18.0. The van der Waals surface area contributed by atoms with Crippen LogP contribution in [0.3, 0.4) is 0 Å². The molecule has 0 fully saturated rings. The summed E-state index contributed by atoms with van der Waals surface area (Å²) in [5.74, 6) is -1.69. The second kappa shape index (κ2) is 8.85. The van der Waals surface area contributed by atoms with Crippen molar-refractivity contribution in [1.29, 1.82) is 0 Å². The average molecular weight is 488 g/mol. The van der Waals surface area contributed by atoms with E-state index in [2.05, 4.69) is 9.97 Å². The number of aliphatic hydroxyl groups excluding tert-OH is 1. The lowest BCUT2D eigenvalue weighted by molar-refractivity contribution is -0.117. The number of Topliss-reactive ketones (excluding diaryl/α,β-unsaturated/α-hetero) is 1. The number of aromatic nitrogens is 2. The molecular formula is C26H18ClN3O3S. The van der Waals surface area contributed by atoms with Crippen molar-refractivity contribution < 1.29 is 14.7 Å². The van der Waals surface area contributed by atoms with Crippen LogP contribution in [0.25, 0.3) is 10.6 Å². The number of rotatable bonds is 5. The second-order valence-electron chi connectivity index (χ2n) is 7.73. The maximum Gasteiger partial charge on any atom is 0.294 e. The van der Waals surface area contributed by atoms with Crippen LogP contribution in [0, 0.1) is 6.92 Å². The number of amides is 1. The van der Waals surface area contributed by atoms with Crippen molar-refractivity contribution in [2.24, 2.45) is 0 Å². The molecule has 4 aromatic rings. The molecule has 0 saturated heterocycles. The van der Waals surface area contributed by atoms with E-state index in [0.29, 0.717) is 31.9 Å². The fraction of sp³-hybridized carbons (Fsp3) is 0.0769. The summed E-state index contributed by atoms with van der Waals surface area (Å²) in [5, 5.41) is 12.1. The van der Waals surface area contributed by atoms with Crippen molar-refractivity contribution in [2.45, 2.75) is 13.0 Å². The molecule has 1 aliphatic heterocycles. The van der Waals surface area contributed by atoms with Crippen molar-refractivity contribution in [3.05, 3.63) is 112 Å². The Hall–Kier alpha value is -3.81. The maximum atomic E-state index is 13.8. The minimum atomic E-state index is -0.844. The molecule has 0 radical (unpaired) electrons. The molecule has 1 unspecified atom stereocenters. The Morgan fingerprint density at radius 3 is 2.50 bits per heavy atom. The number of halogens is 1. The third kappa shape index (κ3) is 3.79. The first-order valence-corrected chi connectivity index (χ1v) is 11.6. The number of thiazole rings is 1. The molecule has 1 aliphatic rings. The molecule has 0 bridgehead atoms. The van der Waals surface area contributed by atoms with Crippen LogP contribution in [0.4, 0.5) is 5.69 Å². The minimum absolute atomic E-state index is 0.00235. The van der Waals surface area contributed by atoms with Gasteiger partial charge in [-0.3, -0.25) is 19.5 Å². The third-order valence-electron chi connectivity index (χ3n) is 5.58. The van der Waals surface area contributed by atoms with Crippen LogP contribution in [0.15, 0.2) is 90.5 Å². The average Bonchev–Trinajstić information content (AvgIpc) is 3.37. The molecule has 1 N–H and O–H groups in total. The molecule has 1 amide bonds. The van der Waals surface area contributed by atoms with Gasteiger partial charge in [-0.2, -0.15) is 0 Å². The highest BCUT2D eigenvalue weighted by atomic mass is 35.5. The summed E-state index contributed by atoms with van der Waals surface area (Å²) in [5.41, 5.74) is 2.54. The monoisotopic (exact) mass is 487 g/mol. The van der Waals surface area contributed by atoms with Crippen LogP contribution in [0.2, 0.25) is 5.02 Å². The van der Waals surface area contributed by atoms with Gasteiger partial charge in [-0.15, -0.1) is 11.3 Å². The summed E-state index contributed by atoms with van der Waals surface area (Å²) >= 11 is 7.42. The van der Waals surface area contributed by atoms with Crippen LogP contribution < -0.4 is 4.90 Å². The lowest BCUT2D eigenvalue weighted by atomic mass is 9.95. The highest BCUT2D eigenvalue weighted by Crippen LogP contribution is 2.43. The number of benzene rings is 2. The Bertz CT molecular complexity index is 1430. The van der Waals surface area contributed by atoms with E-state index in [1.54, 1.807) is 55.7 Å². The number of anilines is 1. The Labute approximate surface area is 204 Å². The topological polar surface area (TPSA) is 83.4 Å². The van der Waals surface area contributed by atoms with Gasteiger partial charge in [0.25, 0.3) is 5.91 Å². The fourth-order valence-corrected chi connectivity index (χ4v) is 5.23. The predicted molar refractivity (Wildman–Crippen MR) is 132 cm³/mol. The van der Waals surface area contributed by atoms with E-state index in [0.717, 1.165) is 5.56 Å². The number of ketones is 1. The Morgan fingerprint density at radius 1 is 1.06 bits per heavy atom. The Balaban J connectivity index is 1.63. The Morgan fingerprint density at radius 2 is 1.79 bits per heavy atom. The molecule has 168 valence electrons. The smallest absolute Gasteiger partial charge is 0.294 e. The van der Waals surface area contributed by atoms with E-state index in [-0.39, 0.29) is 5.57 Å². The van der Waals surface area contributed by atoms with Crippen molar-refractivity contribution in [3.8, 4) is 10.6 Å². The van der Waals surface area contributed by atoms with Gasteiger partial charge in [-0.1, -0.05) is 48.0 Å². The molecule has 6 nitrogen and oxygen atoms in total. The zero-order chi connectivity index (χ0) is 23.8. The minimum Gasteiger partial charge on any atom is -0.503 e. The van der Waals surface area contributed by atoms with Gasteiger partial charge in [-0.25, -0.2) is 4.98 Å². The van der Waals surface area contributed by atoms with Gasteiger partial charge in [0.2, 0.25) is 5.78 Å². The highest BCUT2D eigenvalue weighted by molar-refractivity contribution is 7.17. The second-order valence-corrected chi connectivity index (χ2v) is 9.16. The number of aliphatic hydroxyl groups is 1. The lowest BCUT2D eigenvalue weighted by Crippen LogP contribution is -2.31. The number of hydrogen-bond donors (Lipinski definition) is 1. The number of carbonyl (C=O) groups is 2. The molecule has 34 heavy (non-hydrogen) atoms. The van der Waals surface area contributed by atoms with E-state index < -0.39 is 23.5 Å². The van der Waals surface area contributed by atoms with Gasteiger partial charge in [0.1, 0.15) is 5.01 Å². The molecule has 5 rings (SSSR count). The van der Waals surface area contributed by atoms with Crippen LogP contribution in [-0.2, 0) is 4.79 Å². The molecule has 3 heterocycles. The summed E-state index contributed by atoms with van der Waals surface area (Å²) in [4.78, 5) is 37.5. The van der Waals surface area contributed by atoms with Crippen LogP contribution in [-0.4, -0.2) is 26.8 Å². The van der Waals surface area contributed by atoms with Gasteiger partial charge in [0.05, 0.1) is 22.2 Å². The van der Waals surface area contributed by atoms with Crippen LogP contribution >= 0.6 is 22.9 Å². The van der Waals surface area contributed by atoms with E-state index in [1.807, 2.05) is 30.3 Å². The van der Waals surface area contributed by atoms with Crippen molar-refractivity contribution >= 4 is 40.3 Å². The summed E-state index contributed by atoms with van der Waals surface area (Å²) in [6, 6.07) is 18.9. The SMILES string of the molecule is Cc1nc(-c2ccccc2)sc1C(=O)C1=C(O)C(=O)N(c2cccc(Cl)c2)C1c1ccncc1. The first-order chi connectivity index (χ1) is 16.5. The molecule has 2 aromatic carbocycles. The maximum absolute atomic E-state index is 13.8. The van der Waals surface area contributed by atoms with E-state index in [9.17, 15) is 14.7 Å². The predicted octanol–water partition coefficient (Wildman–Crippen LogP) is 5.95. The summed E-state index contributed by atoms with van der Waals surface area (Å²) < 4.78 is 0. The van der Waals surface area contributed by atoms with Crippen molar-refractivity contribution in [1.82, 2.24) is 9.97 Å². The van der Waals surface area contributed by atoms with Gasteiger partial charge in [0.15, 0.2) is 5.76 Å². The molecular weight excluding hydrogens is 470 g/mol. The molecule has 2 aromatic heterocycles. The first kappa shape index (κ1) is 22.0. The van der Waals surface area contributed by atoms with E-state index >= 15 is 0 Å². The lowest BCUT2D eigenvalue weighted by Gasteiger charge is -2.26. The third-order valence-corrected chi connectivity index (χ3v) is 7.02. The van der Waals surface area contributed by atoms with Gasteiger partial charge >= 0.3 is 0 Å². The van der Waals surface area contributed by atoms with E-state index in [4.69, 9.17) is 11.6 Å². The summed E-state index contributed by atoms with van der Waals surface area (Å²) in [6.07, 6.45) is 3.16. The largest absolute Gasteiger partial charge is 0.503 e. The number of carbonyl (C=O) groups excluding carboxylic acids is 2. The molecule has 0 aliphatic carbocycles. The summed E-state index contributed by atoms with van der Waals surface area (Å²) in [6.45, 7) is 1.75. The van der Waals surface area contributed by atoms with E-state index in [1.165, 1.54) is 16.2 Å². The fourth-order valence-electron chi connectivity index (χ4n) is 4.02. The number of nitrogens with zero attached hydrogens (tertiary/aromatic N) is 3.